The molecule has 7 saturated carbocycles. The second-order valence-corrected chi connectivity index (χ2v) is 14.6. The van der Waals surface area contributed by atoms with E-state index in [0.717, 1.165) is 79.9 Å². The lowest BCUT2D eigenvalue weighted by Crippen LogP contribution is -2.65. The molecule has 3 heterocycles. The molecule has 4 bridgehead atoms. The van der Waals surface area contributed by atoms with Crippen LogP contribution in [-0.4, -0.2) is 37.6 Å². The van der Waals surface area contributed by atoms with Crippen molar-refractivity contribution in [2.75, 3.05) is 11.4 Å². The second kappa shape index (κ2) is 8.73. The zero-order chi connectivity index (χ0) is 29.0. The Morgan fingerprint density at radius 3 is 2.51 bits per heavy atom. The number of imidazole rings is 1. The summed E-state index contributed by atoms with van der Waals surface area (Å²) in [5.41, 5.74) is 1.41. The highest BCUT2D eigenvalue weighted by molar-refractivity contribution is 5.95. The summed E-state index contributed by atoms with van der Waals surface area (Å²) in [6.45, 7) is 0.633. The molecule has 1 amide bonds. The number of carbonyl (C=O) groups is 1. The number of nitrogens with zero attached hydrogens (tertiary/aromatic N) is 5. The number of halogens is 2. The van der Waals surface area contributed by atoms with Gasteiger partial charge in [-0.1, -0.05) is 17.3 Å². The maximum atomic E-state index is 14.8. The van der Waals surface area contributed by atoms with Crippen LogP contribution in [0.15, 0.2) is 53.4 Å². The molecule has 1 aromatic carbocycles. The third-order valence-corrected chi connectivity index (χ3v) is 11.6. The smallest absolute Gasteiger partial charge is 0.232 e. The third-order valence-electron chi connectivity index (χ3n) is 11.6. The number of fused-ring (bicyclic) bond motifs is 4. The largest absolute Gasteiger partial charge is 0.339 e. The van der Waals surface area contributed by atoms with Crippen molar-refractivity contribution in [2.45, 2.75) is 94.1 Å². The Morgan fingerprint density at radius 2 is 1.79 bits per heavy atom. The van der Waals surface area contributed by atoms with Crippen molar-refractivity contribution in [1.29, 1.82) is 0 Å². The number of hydrogen-bond acceptors (Lipinski definition) is 5. The minimum Gasteiger partial charge on any atom is -0.339 e. The van der Waals surface area contributed by atoms with E-state index in [2.05, 4.69) is 10.1 Å². The number of hydrogen-bond donors (Lipinski definition) is 0. The summed E-state index contributed by atoms with van der Waals surface area (Å²) < 4.78 is 36.7. The quantitative estimate of drug-likeness (QED) is 0.217. The van der Waals surface area contributed by atoms with Crippen LogP contribution < -0.4 is 4.90 Å². The van der Waals surface area contributed by atoms with E-state index >= 15 is 0 Å². The van der Waals surface area contributed by atoms with E-state index in [9.17, 15) is 13.6 Å². The number of benzene rings is 1. The first-order valence-electron chi connectivity index (χ1n) is 15.8. The van der Waals surface area contributed by atoms with Gasteiger partial charge in [-0.25, -0.2) is 13.8 Å². The van der Waals surface area contributed by atoms with Gasteiger partial charge in [0, 0.05) is 54.1 Å². The van der Waals surface area contributed by atoms with E-state index in [1.807, 2.05) is 35.4 Å². The molecule has 11 rings (SSSR count). The number of carbonyl (C=O) groups excluding carboxylic acids is 1. The zero-order valence-corrected chi connectivity index (χ0v) is 24.2. The summed E-state index contributed by atoms with van der Waals surface area (Å²) in [5.74, 6) is 1.84. The van der Waals surface area contributed by atoms with Crippen molar-refractivity contribution in [3.63, 3.8) is 0 Å². The van der Waals surface area contributed by atoms with Crippen LogP contribution in [0.2, 0.25) is 0 Å². The molecule has 0 aliphatic heterocycles. The van der Waals surface area contributed by atoms with E-state index in [4.69, 9.17) is 9.51 Å². The number of anilines is 1. The Morgan fingerprint density at radius 1 is 1.02 bits per heavy atom. The third kappa shape index (κ3) is 4.09. The van der Waals surface area contributed by atoms with Crippen molar-refractivity contribution in [3.8, 4) is 11.1 Å². The first kappa shape index (κ1) is 25.8. The molecular weight excluding hydrogens is 548 g/mol. The minimum atomic E-state index is -1.04. The predicted octanol–water partition coefficient (Wildman–Crippen LogP) is 7.31. The molecule has 0 radical (unpaired) electrons. The summed E-state index contributed by atoms with van der Waals surface area (Å²) in [6.07, 6.45) is 15.3. The van der Waals surface area contributed by atoms with Gasteiger partial charge in [0.25, 0.3) is 0 Å². The molecule has 0 N–H and O–H groups in total. The van der Waals surface area contributed by atoms with Crippen LogP contribution in [0.4, 0.5) is 14.5 Å². The molecule has 0 atom stereocenters. The van der Waals surface area contributed by atoms with Gasteiger partial charge >= 0.3 is 0 Å². The molecule has 9 heteroatoms. The van der Waals surface area contributed by atoms with Gasteiger partial charge in [0.15, 0.2) is 17.3 Å². The molecular formula is C34H35F2N5O2. The average Bonchev–Trinajstić information content (AvgIpc) is 3.50. The molecule has 0 saturated heterocycles. The molecule has 4 aromatic rings. The molecule has 7 fully saturated rings. The lowest BCUT2D eigenvalue weighted by Gasteiger charge is -2.66. The van der Waals surface area contributed by atoms with Crippen molar-refractivity contribution in [1.82, 2.24) is 19.5 Å². The Kier molecular flexibility index (Phi) is 5.25. The standard InChI is InChI=1S/C34H35F2N5O2/c35-26-15-24(17-40-13-12-37-29(26)40)23-2-1-3-25(14-23)41(27(42)16-32-18-34(36,19-32)20-32)21-31-6-9-33(10-7-31,11-8-31)30-38-28(39-43-30)22-4-5-22/h1-3,12-15,17,22H,4-11,16,18-21H2. The van der Waals surface area contributed by atoms with Crippen LogP contribution in [-0.2, 0) is 10.2 Å². The summed E-state index contributed by atoms with van der Waals surface area (Å²) in [6, 6.07) is 9.37. The maximum Gasteiger partial charge on any atom is 0.232 e. The Labute approximate surface area is 248 Å². The number of pyridine rings is 1. The van der Waals surface area contributed by atoms with E-state index in [0.29, 0.717) is 38.1 Å². The van der Waals surface area contributed by atoms with Crippen LogP contribution in [0, 0.1) is 16.6 Å². The zero-order valence-electron chi connectivity index (χ0n) is 24.2. The molecule has 0 spiro atoms. The van der Waals surface area contributed by atoms with Crippen molar-refractivity contribution >= 4 is 17.2 Å². The van der Waals surface area contributed by atoms with E-state index in [1.54, 1.807) is 16.8 Å². The van der Waals surface area contributed by atoms with Gasteiger partial charge < -0.3 is 13.8 Å². The average molecular weight is 584 g/mol. The first-order valence-corrected chi connectivity index (χ1v) is 15.8. The van der Waals surface area contributed by atoms with Crippen molar-refractivity contribution < 1.29 is 18.1 Å². The number of rotatable bonds is 8. The predicted molar refractivity (Wildman–Crippen MR) is 156 cm³/mol. The van der Waals surface area contributed by atoms with Gasteiger partial charge in [-0.3, -0.25) is 4.79 Å². The second-order valence-electron chi connectivity index (χ2n) is 14.6. The molecule has 3 aromatic heterocycles. The molecule has 222 valence electrons. The summed E-state index contributed by atoms with van der Waals surface area (Å²) >= 11 is 0. The van der Waals surface area contributed by atoms with Crippen LogP contribution in [0.3, 0.4) is 0 Å². The summed E-state index contributed by atoms with van der Waals surface area (Å²) in [7, 11) is 0. The lowest BCUT2D eigenvalue weighted by atomic mass is 9.41. The number of alkyl halides is 1. The maximum absolute atomic E-state index is 14.8. The van der Waals surface area contributed by atoms with Gasteiger partial charge in [0.2, 0.25) is 11.8 Å². The van der Waals surface area contributed by atoms with Crippen LogP contribution >= 0.6 is 0 Å². The molecule has 0 unspecified atom stereocenters. The Bertz CT molecular complexity index is 1730. The van der Waals surface area contributed by atoms with Gasteiger partial charge in [-0.15, -0.1) is 0 Å². The highest BCUT2D eigenvalue weighted by Gasteiger charge is 2.69. The van der Waals surface area contributed by atoms with Crippen LogP contribution in [0.5, 0.6) is 0 Å². The van der Waals surface area contributed by atoms with E-state index in [-0.39, 0.29) is 33.6 Å². The SMILES string of the molecule is O=C(CC12CC(F)(C1)C2)N(CC12CCC(c3nc(C4CC4)no3)(CC1)CC2)c1cccc(-c2cc(F)c3nccn3c2)c1. The first-order chi connectivity index (χ1) is 20.7. The molecule has 7 nitrogen and oxygen atoms in total. The number of amides is 1. The molecule has 7 aliphatic carbocycles. The Hall–Kier alpha value is -3.62. The molecule has 7 aliphatic rings. The normalized spacial score (nSPS) is 32.4. The fourth-order valence-electron chi connectivity index (χ4n) is 8.90. The van der Waals surface area contributed by atoms with Gasteiger partial charge in [-0.2, -0.15) is 4.98 Å². The Balaban J connectivity index is 1.01. The topological polar surface area (TPSA) is 76.5 Å². The van der Waals surface area contributed by atoms with Crippen molar-refractivity contribution in [2.24, 2.45) is 10.8 Å². The minimum absolute atomic E-state index is 0.00925. The van der Waals surface area contributed by atoms with Crippen LogP contribution in [0.1, 0.15) is 94.7 Å². The molecule has 43 heavy (non-hydrogen) atoms. The highest BCUT2D eigenvalue weighted by Crippen LogP contribution is 2.71. The lowest BCUT2D eigenvalue weighted by molar-refractivity contribution is -0.215. The summed E-state index contributed by atoms with van der Waals surface area (Å²) in [4.78, 5) is 25.0. The van der Waals surface area contributed by atoms with Gasteiger partial charge in [0.1, 0.15) is 5.67 Å². The fourth-order valence-corrected chi connectivity index (χ4v) is 8.90. The number of aromatic nitrogens is 4. The van der Waals surface area contributed by atoms with Crippen molar-refractivity contribution in [3.05, 3.63) is 66.5 Å². The van der Waals surface area contributed by atoms with Gasteiger partial charge in [0.05, 0.1) is 0 Å². The van der Waals surface area contributed by atoms with Crippen LogP contribution in [0.25, 0.3) is 16.8 Å². The highest BCUT2D eigenvalue weighted by atomic mass is 19.1. The van der Waals surface area contributed by atoms with E-state index < -0.39 is 5.67 Å². The summed E-state index contributed by atoms with van der Waals surface area (Å²) in [5, 5.41) is 4.31. The van der Waals surface area contributed by atoms with Gasteiger partial charge in [-0.05, 0) is 105 Å². The van der Waals surface area contributed by atoms with E-state index in [1.165, 1.54) is 6.07 Å². The monoisotopic (exact) mass is 583 g/mol. The fraction of sp³-hybridized carbons (Fsp3) is 0.529.